The Balaban J connectivity index is 0.00000108. The summed E-state index contributed by atoms with van der Waals surface area (Å²) in [6.45, 7) is 5.29. The summed E-state index contributed by atoms with van der Waals surface area (Å²) in [5.74, 6) is 0.996. The van der Waals surface area contributed by atoms with Gasteiger partial charge in [-0.1, -0.05) is 12.1 Å². The molecule has 1 saturated heterocycles. The van der Waals surface area contributed by atoms with Gasteiger partial charge in [-0.2, -0.15) is 0 Å². The molecule has 0 aliphatic carbocycles. The molecule has 5 heteroatoms. The zero-order valence-corrected chi connectivity index (χ0v) is 10.6. The third-order valence-electron chi connectivity index (χ3n) is 3.15. The topological polar surface area (TPSA) is 44.0 Å². The van der Waals surface area contributed by atoms with Gasteiger partial charge in [-0.25, -0.2) is 4.98 Å². The number of hydrogen-bond donors (Lipinski definition) is 2. The van der Waals surface area contributed by atoms with E-state index < -0.39 is 0 Å². The van der Waals surface area contributed by atoms with Crippen LogP contribution in [-0.4, -0.2) is 35.6 Å². The van der Waals surface area contributed by atoms with Crippen molar-refractivity contribution in [2.24, 2.45) is 0 Å². The highest BCUT2D eigenvalue weighted by Crippen LogP contribution is 2.19. The van der Waals surface area contributed by atoms with Gasteiger partial charge in [0.05, 0.1) is 11.0 Å². The molecule has 2 heterocycles. The summed E-state index contributed by atoms with van der Waals surface area (Å²) >= 11 is 0. The Morgan fingerprint density at radius 1 is 1.35 bits per heavy atom. The van der Waals surface area contributed by atoms with Gasteiger partial charge < -0.3 is 15.2 Å². The lowest BCUT2D eigenvalue weighted by atomic mass is 10.2. The van der Waals surface area contributed by atoms with Crippen LogP contribution in [0.2, 0.25) is 0 Å². The molecule has 0 saturated carbocycles. The van der Waals surface area contributed by atoms with Gasteiger partial charge in [0.1, 0.15) is 0 Å². The van der Waals surface area contributed by atoms with Gasteiger partial charge in [-0.15, -0.1) is 12.4 Å². The number of para-hydroxylation sites is 2. The van der Waals surface area contributed by atoms with Crippen LogP contribution in [0.25, 0.3) is 11.0 Å². The van der Waals surface area contributed by atoms with Crippen molar-refractivity contribution in [3.8, 4) is 0 Å². The molecule has 1 unspecified atom stereocenters. The highest BCUT2D eigenvalue weighted by atomic mass is 35.5. The normalized spacial score (nSPS) is 20.3. The van der Waals surface area contributed by atoms with Gasteiger partial charge in [0.25, 0.3) is 0 Å². The lowest BCUT2D eigenvalue weighted by Gasteiger charge is -2.33. The fourth-order valence-electron chi connectivity index (χ4n) is 2.23. The monoisotopic (exact) mass is 252 g/mol. The van der Waals surface area contributed by atoms with Gasteiger partial charge in [0.2, 0.25) is 5.95 Å². The molecule has 2 aromatic rings. The molecule has 0 bridgehead atoms. The predicted octanol–water partition coefficient (Wildman–Crippen LogP) is 1.78. The second-order valence-corrected chi connectivity index (χ2v) is 4.32. The molecule has 0 spiro atoms. The minimum absolute atomic E-state index is 0. The van der Waals surface area contributed by atoms with Crippen molar-refractivity contribution in [1.29, 1.82) is 0 Å². The van der Waals surface area contributed by atoms with Crippen molar-refractivity contribution in [2.75, 3.05) is 24.5 Å². The molecule has 1 aromatic carbocycles. The molecule has 0 amide bonds. The summed E-state index contributed by atoms with van der Waals surface area (Å²) in [5, 5.41) is 3.38. The van der Waals surface area contributed by atoms with E-state index in [9.17, 15) is 0 Å². The quantitative estimate of drug-likeness (QED) is 0.813. The van der Waals surface area contributed by atoms with Gasteiger partial charge in [0.15, 0.2) is 0 Å². The summed E-state index contributed by atoms with van der Waals surface area (Å²) in [5.41, 5.74) is 2.16. The van der Waals surface area contributed by atoms with Gasteiger partial charge in [-0.3, -0.25) is 0 Å². The maximum Gasteiger partial charge on any atom is 0.204 e. The van der Waals surface area contributed by atoms with E-state index in [0.29, 0.717) is 6.04 Å². The zero-order chi connectivity index (χ0) is 11.0. The largest absolute Gasteiger partial charge is 0.337 e. The first kappa shape index (κ1) is 12.2. The number of imidazole rings is 1. The number of H-pyrrole nitrogens is 1. The van der Waals surface area contributed by atoms with Crippen LogP contribution in [0.5, 0.6) is 0 Å². The third kappa shape index (κ3) is 2.23. The number of benzene rings is 1. The average molecular weight is 253 g/mol. The molecular weight excluding hydrogens is 236 g/mol. The van der Waals surface area contributed by atoms with Gasteiger partial charge in [-0.05, 0) is 19.1 Å². The van der Waals surface area contributed by atoms with Crippen molar-refractivity contribution >= 4 is 29.4 Å². The number of fused-ring (bicyclic) bond motifs is 1. The molecule has 1 fully saturated rings. The molecule has 1 atom stereocenters. The number of piperazine rings is 1. The fraction of sp³-hybridized carbons (Fsp3) is 0.417. The third-order valence-corrected chi connectivity index (χ3v) is 3.15. The number of aromatic nitrogens is 2. The predicted molar refractivity (Wildman–Crippen MR) is 73.0 cm³/mol. The Hall–Kier alpha value is -1.26. The average Bonchev–Trinajstić information content (AvgIpc) is 2.73. The number of halogens is 1. The molecule has 3 rings (SSSR count). The van der Waals surface area contributed by atoms with Crippen molar-refractivity contribution in [3.05, 3.63) is 24.3 Å². The van der Waals surface area contributed by atoms with Crippen molar-refractivity contribution in [3.63, 3.8) is 0 Å². The molecular formula is C12H17ClN4. The standard InChI is InChI=1S/C12H16N4.ClH/c1-9-8-13-6-7-16(9)12-14-10-4-2-3-5-11(10)15-12;/h2-5,9,13H,6-8H2,1H3,(H,14,15);1H. The minimum Gasteiger partial charge on any atom is -0.337 e. The summed E-state index contributed by atoms with van der Waals surface area (Å²) in [7, 11) is 0. The molecule has 4 nitrogen and oxygen atoms in total. The number of rotatable bonds is 1. The Morgan fingerprint density at radius 2 is 2.18 bits per heavy atom. The molecule has 1 aliphatic rings. The summed E-state index contributed by atoms with van der Waals surface area (Å²) in [4.78, 5) is 10.3. The second kappa shape index (κ2) is 4.94. The van der Waals surface area contributed by atoms with Gasteiger partial charge >= 0.3 is 0 Å². The van der Waals surface area contributed by atoms with Crippen LogP contribution in [0, 0.1) is 0 Å². The maximum atomic E-state index is 4.63. The second-order valence-electron chi connectivity index (χ2n) is 4.32. The van der Waals surface area contributed by atoms with Crippen LogP contribution >= 0.6 is 12.4 Å². The number of anilines is 1. The van der Waals surface area contributed by atoms with Crippen molar-refractivity contribution < 1.29 is 0 Å². The molecule has 1 aromatic heterocycles. The number of hydrogen-bond acceptors (Lipinski definition) is 3. The maximum absolute atomic E-state index is 4.63. The van der Waals surface area contributed by atoms with E-state index in [1.54, 1.807) is 0 Å². The fourth-order valence-corrected chi connectivity index (χ4v) is 2.23. The highest BCUT2D eigenvalue weighted by Gasteiger charge is 2.20. The smallest absolute Gasteiger partial charge is 0.204 e. The Labute approximate surface area is 107 Å². The Bertz CT molecular complexity index is 463. The van der Waals surface area contributed by atoms with E-state index in [0.717, 1.165) is 36.6 Å². The van der Waals surface area contributed by atoms with E-state index >= 15 is 0 Å². The van der Waals surface area contributed by atoms with E-state index in [1.807, 2.05) is 18.2 Å². The van der Waals surface area contributed by atoms with E-state index in [4.69, 9.17) is 0 Å². The lowest BCUT2D eigenvalue weighted by Crippen LogP contribution is -2.50. The summed E-state index contributed by atoms with van der Waals surface area (Å²) in [6.07, 6.45) is 0. The van der Waals surface area contributed by atoms with Crippen LogP contribution in [0.3, 0.4) is 0 Å². The SMILES string of the molecule is CC1CNCCN1c1nc2ccccc2[nH]1.Cl. The zero-order valence-electron chi connectivity index (χ0n) is 9.81. The summed E-state index contributed by atoms with van der Waals surface area (Å²) < 4.78 is 0. The molecule has 2 N–H and O–H groups in total. The first-order valence-electron chi connectivity index (χ1n) is 5.77. The lowest BCUT2D eigenvalue weighted by molar-refractivity contribution is 0.494. The van der Waals surface area contributed by atoms with Crippen LogP contribution in [0.4, 0.5) is 5.95 Å². The number of nitrogens with zero attached hydrogens (tertiary/aromatic N) is 2. The molecule has 17 heavy (non-hydrogen) atoms. The summed E-state index contributed by atoms with van der Waals surface area (Å²) in [6, 6.07) is 8.66. The molecule has 0 radical (unpaired) electrons. The van der Waals surface area contributed by atoms with Gasteiger partial charge in [0, 0.05) is 25.7 Å². The van der Waals surface area contributed by atoms with Crippen LogP contribution in [0.15, 0.2) is 24.3 Å². The van der Waals surface area contributed by atoms with E-state index in [1.165, 1.54) is 0 Å². The first-order chi connectivity index (χ1) is 7.84. The van der Waals surface area contributed by atoms with E-state index in [2.05, 4.69) is 33.2 Å². The highest BCUT2D eigenvalue weighted by molar-refractivity contribution is 5.85. The van der Waals surface area contributed by atoms with Crippen LogP contribution in [-0.2, 0) is 0 Å². The van der Waals surface area contributed by atoms with Crippen molar-refractivity contribution in [1.82, 2.24) is 15.3 Å². The number of nitrogens with one attached hydrogen (secondary N) is 2. The Morgan fingerprint density at radius 3 is 2.94 bits per heavy atom. The van der Waals surface area contributed by atoms with Crippen LogP contribution < -0.4 is 10.2 Å². The van der Waals surface area contributed by atoms with Crippen molar-refractivity contribution in [2.45, 2.75) is 13.0 Å². The van der Waals surface area contributed by atoms with Crippen LogP contribution in [0.1, 0.15) is 6.92 Å². The van der Waals surface area contributed by atoms with E-state index in [-0.39, 0.29) is 12.4 Å². The Kier molecular flexibility index (Phi) is 3.54. The number of aromatic amines is 1. The molecule has 92 valence electrons. The molecule has 1 aliphatic heterocycles. The first-order valence-corrected chi connectivity index (χ1v) is 5.77. The minimum atomic E-state index is 0.